The highest BCUT2D eigenvalue weighted by molar-refractivity contribution is 5.27. The first-order chi connectivity index (χ1) is 5.13. The zero-order valence-corrected chi connectivity index (χ0v) is 7.00. The number of hydrogen-bond donors (Lipinski definition) is 1. The molecule has 0 saturated carbocycles. The topological polar surface area (TPSA) is 46.0 Å². The largest absolute Gasteiger partial charge is 0.389 e. The first kappa shape index (κ1) is 8.14. The molecule has 11 heavy (non-hydrogen) atoms. The van der Waals surface area contributed by atoms with Gasteiger partial charge in [0.1, 0.15) is 0 Å². The summed E-state index contributed by atoms with van der Waals surface area (Å²) in [6.07, 6.45) is 1.21. The van der Waals surface area contributed by atoms with E-state index in [1.54, 1.807) is 13.1 Å². The van der Waals surface area contributed by atoms with Crippen molar-refractivity contribution < 1.29 is 5.11 Å². The Labute approximate surface area is 66.1 Å². The molecule has 1 rings (SSSR count). The van der Waals surface area contributed by atoms with Gasteiger partial charge in [0.2, 0.25) is 0 Å². The van der Waals surface area contributed by atoms with Gasteiger partial charge in [0, 0.05) is 5.56 Å². The molecule has 60 valence electrons. The zero-order valence-electron chi connectivity index (χ0n) is 7.00. The van der Waals surface area contributed by atoms with E-state index in [0.717, 1.165) is 16.8 Å². The number of aromatic nitrogens is 2. The van der Waals surface area contributed by atoms with Gasteiger partial charge in [-0.1, -0.05) is 0 Å². The molecule has 0 aromatic carbocycles. The van der Waals surface area contributed by atoms with Crippen molar-refractivity contribution in [1.82, 2.24) is 10.2 Å². The Bertz CT molecular complexity index is 238. The molecular formula is C8H12N2O. The minimum Gasteiger partial charge on any atom is -0.389 e. The maximum Gasteiger partial charge on any atom is 0.0783 e. The summed E-state index contributed by atoms with van der Waals surface area (Å²) in [6.45, 7) is 5.50. The van der Waals surface area contributed by atoms with Crippen LogP contribution in [0, 0.1) is 13.8 Å². The Balaban J connectivity index is 3.21. The van der Waals surface area contributed by atoms with Crippen LogP contribution in [0.25, 0.3) is 0 Å². The van der Waals surface area contributed by atoms with Crippen molar-refractivity contribution in [1.29, 1.82) is 0 Å². The van der Waals surface area contributed by atoms with Crippen molar-refractivity contribution >= 4 is 0 Å². The fourth-order valence-corrected chi connectivity index (χ4v) is 1.24. The van der Waals surface area contributed by atoms with Crippen molar-refractivity contribution in [3.8, 4) is 0 Å². The molecule has 1 heterocycles. The summed E-state index contributed by atoms with van der Waals surface area (Å²) < 4.78 is 0. The third-order valence-electron chi connectivity index (χ3n) is 1.69. The van der Waals surface area contributed by atoms with Crippen molar-refractivity contribution in [2.75, 3.05) is 0 Å². The first-order valence-corrected chi connectivity index (χ1v) is 3.59. The van der Waals surface area contributed by atoms with Crippen LogP contribution in [-0.2, 0) is 0 Å². The normalized spacial score (nSPS) is 13.1. The molecule has 0 unspecified atom stereocenters. The van der Waals surface area contributed by atoms with Gasteiger partial charge in [-0.15, -0.1) is 0 Å². The molecule has 0 fully saturated rings. The average molecular weight is 152 g/mol. The second-order valence-electron chi connectivity index (χ2n) is 2.70. The third kappa shape index (κ3) is 1.54. The SMILES string of the molecule is Cc1cnnc(C)c1[C@@H](C)O. The fourth-order valence-electron chi connectivity index (χ4n) is 1.24. The van der Waals surface area contributed by atoms with Gasteiger partial charge in [-0.3, -0.25) is 0 Å². The monoisotopic (exact) mass is 152 g/mol. The van der Waals surface area contributed by atoms with E-state index < -0.39 is 6.10 Å². The van der Waals surface area contributed by atoms with E-state index >= 15 is 0 Å². The Hall–Kier alpha value is -0.960. The lowest BCUT2D eigenvalue weighted by Gasteiger charge is -2.09. The van der Waals surface area contributed by atoms with E-state index in [0.29, 0.717) is 0 Å². The standard InChI is InChI=1S/C8H12N2O/c1-5-4-9-10-6(2)8(5)7(3)11/h4,7,11H,1-3H3/t7-/m1/s1. The number of aryl methyl sites for hydroxylation is 2. The Morgan fingerprint density at radius 2 is 2.09 bits per heavy atom. The number of aliphatic hydroxyl groups is 1. The van der Waals surface area contributed by atoms with Gasteiger partial charge in [-0.2, -0.15) is 10.2 Å². The van der Waals surface area contributed by atoms with Gasteiger partial charge < -0.3 is 5.11 Å². The summed E-state index contributed by atoms with van der Waals surface area (Å²) in [6, 6.07) is 0. The molecule has 0 saturated heterocycles. The lowest BCUT2D eigenvalue weighted by Crippen LogP contribution is -2.02. The van der Waals surface area contributed by atoms with Crippen LogP contribution in [0.15, 0.2) is 6.20 Å². The summed E-state index contributed by atoms with van der Waals surface area (Å²) in [5.41, 5.74) is 2.69. The number of aliphatic hydroxyl groups excluding tert-OH is 1. The molecular weight excluding hydrogens is 140 g/mol. The Morgan fingerprint density at radius 3 is 2.45 bits per heavy atom. The molecule has 0 radical (unpaired) electrons. The predicted molar refractivity (Wildman–Crippen MR) is 42.1 cm³/mol. The molecule has 1 N–H and O–H groups in total. The van der Waals surface area contributed by atoms with Crippen LogP contribution < -0.4 is 0 Å². The average Bonchev–Trinajstić information content (AvgIpc) is 1.85. The maximum atomic E-state index is 9.32. The van der Waals surface area contributed by atoms with E-state index in [1.807, 2.05) is 13.8 Å². The summed E-state index contributed by atoms with van der Waals surface area (Å²) >= 11 is 0. The highest BCUT2D eigenvalue weighted by Gasteiger charge is 2.08. The molecule has 3 nitrogen and oxygen atoms in total. The van der Waals surface area contributed by atoms with Crippen molar-refractivity contribution in [3.63, 3.8) is 0 Å². The van der Waals surface area contributed by atoms with Gasteiger partial charge in [0.25, 0.3) is 0 Å². The Morgan fingerprint density at radius 1 is 1.45 bits per heavy atom. The van der Waals surface area contributed by atoms with Crippen molar-refractivity contribution in [2.45, 2.75) is 26.9 Å². The minimum atomic E-state index is -0.453. The fraction of sp³-hybridized carbons (Fsp3) is 0.500. The van der Waals surface area contributed by atoms with E-state index in [1.165, 1.54) is 0 Å². The molecule has 1 aromatic rings. The van der Waals surface area contributed by atoms with Crippen LogP contribution in [0.2, 0.25) is 0 Å². The lowest BCUT2D eigenvalue weighted by molar-refractivity contribution is 0.197. The quantitative estimate of drug-likeness (QED) is 0.656. The van der Waals surface area contributed by atoms with Gasteiger partial charge in [0.15, 0.2) is 0 Å². The van der Waals surface area contributed by atoms with Crippen LogP contribution in [0.1, 0.15) is 29.8 Å². The lowest BCUT2D eigenvalue weighted by atomic mass is 10.1. The smallest absolute Gasteiger partial charge is 0.0783 e. The molecule has 0 spiro atoms. The molecule has 1 atom stereocenters. The highest BCUT2D eigenvalue weighted by atomic mass is 16.3. The zero-order chi connectivity index (χ0) is 8.43. The van der Waals surface area contributed by atoms with Gasteiger partial charge in [0.05, 0.1) is 18.0 Å². The summed E-state index contributed by atoms with van der Waals surface area (Å²) in [7, 11) is 0. The second kappa shape index (κ2) is 2.96. The van der Waals surface area contributed by atoms with E-state index in [2.05, 4.69) is 10.2 Å². The van der Waals surface area contributed by atoms with Crippen LogP contribution >= 0.6 is 0 Å². The first-order valence-electron chi connectivity index (χ1n) is 3.59. The molecule has 0 amide bonds. The number of rotatable bonds is 1. The van der Waals surface area contributed by atoms with E-state index in [9.17, 15) is 5.11 Å². The summed E-state index contributed by atoms with van der Waals surface area (Å²) in [5, 5.41) is 16.9. The minimum absolute atomic E-state index is 0.453. The van der Waals surface area contributed by atoms with Crippen LogP contribution in [0.4, 0.5) is 0 Å². The van der Waals surface area contributed by atoms with Crippen molar-refractivity contribution in [3.05, 3.63) is 23.0 Å². The molecule has 0 aliphatic heterocycles. The summed E-state index contributed by atoms with van der Waals surface area (Å²) in [4.78, 5) is 0. The predicted octanol–water partition coefficient (Wildman–Crippen LogP) is 1.15. The van der Waals surface area contributed by atoms with Gasteiger partial charge >= 0.3 is 0 Å². The molecule has 1 aromatic heterocycles. The molecule has 0 aliphatic carbocycles. The Kier molecular flexibility index (Phi) is 2.19. The second-order valence-corrected chi connectivity index (χ2v) is 2.70. The highest BCUT2D eigenvalue weighted by Crippen LogP contribution is 2.17. The van der Waals surface area contributed by atoms with Gasteiger partial charge in [-0.05, 0) is 26.3 Å². The van der Waals surface area contributed by atoms with E-state index in [4.69, 9.17) is 0 Å². The van der Waals surface area contributed by atoms with Gasteiger partial charge in [-0.25, -0.2) is 0 Å². The summed E-state index contributed by atoms with van der Waals surface area (Å²) in [5.74, 6) is 0. The van der Waals surface area contributed by atoms with Crippen LogP contribution in [0.5, 0.6) is 0 Å². The van der Waals surface area contributed by atoms with Crippen LogP contribution in [0.3, 0.4) is 0 Å². The van der Waals surface area contributed by atoms with Crippen molar-refractivity contribution in [2.24, 2.45) is 0 Å². The van der Waals surface area contributed by atoms with E-state index in [-0.39, 0.29) is 0 Å². The molecule has 0 aliphatic rings. The molecule has 3 heteroatoms. The van der Waals surface area contributed by atoms with Crippen LogP contribution in [-0.4, -0.2) is 15.3 Å². The molecule has 0 bridgehead atoms. The number of hydrogen-bond acceptors (Lipinski definition) is 3. The maximum absolute atomic E-state index is 9.32. The third-order valence-corrected chi connectivity index (χ3v) is 1.69. The number of nitrogens with zero attached hydrogens (tertiary/aromatic N) is 2.